The summed E-state index contributed by atoms with van der Waals surface area (Å²) in [5.74, 6) is -2.39. The van der Waals surface area contributed by atoms with Crippen LogP contribution in [0, 0.1) is 5.92 Å². The van der Waals surface area contributed by atoms with E-state index in [0.29, 0.717) is 6.42 Å². The molecule has 6 N–H and O–H groups in total. The first-order valence-electron chi connectivity index (χ1n) is 5.86. The molecule has 0 aromatic rings. The van der Waals surface area contributed by atoms with Crippen LogP contribution in [-0.2, 0) is 14.4 Å². The zero-order valence-corrected chi connectivity index (χ0v) is 10.7. The normalized spacial score (nSPS) is 15.5. The lowest BCUT2D eigenvalue weighted by molar-refractivity contribution is -0.142. The summed E-state index contributed by atoms with van der Waals surface area (Å²) in [7, 11) is 0. The number of aliphatic carboxylic acids is 1. The predicted molar refractivity (Wildman–Crippen MR) is 65.4 cm³/mol. The van der Waals surface area contributed by atoms with Gasteiger partial charge in [0.1, 0.15) is 6.04 Å². The van der Waals surface area contributed by atoms with E-state index in [1.807, 2.05) is 13.8 Å². The first-order chi connectivity index (χ1) is 8.29. The minimum absolute atomic E-state index is 0.0381. The Morgan fingerprint density at radius 1 is 1.33 bits per heavy atom. The second-order valence-corrected chi connectivity index (χ2v) is 4.32. The van der Waals surface area contributed by atoms with E-state index in [-0.39, 0.29) is 18.8 Å². The molecule has 0 spiro atoms. The predicted octanol–water partition coefficient (Wildman–Crippen LogP) is -0.805. The fraction of sp³-hybridized carbons (Fsp3) is 0.727. The summed E-state index contributed by atoms with van der Waals surface area (Å²) < 4.78 is 0. The lowest BCUT2D eigenvalue weighted by Crippen LogP contribution is -2.50. The van der Waals surface area contributed by atoms with Gasteiger partial charge in [-0.3, -0.25) is 9.59 Å². The summed E-state index contributed by atoms with van der Waals surface area (Å²) >= 11 is 0. The summed E-state index contributed by atoms with van der Waals surface area (Å²) in [5.41, 5.74) is 10.6. The fourth-order valence-corrected chi connectivity index (χ4v) is 1.32. The van der Waals surface area contributed by atoms with Crippen molar-refractivity contribution in [2.75, 3.05) is 0 Å². The van der Waals surface area contributed by atoms with E-state index in [1.165, 1.54) is 0 Å². The van der Waals surface area contributed by atoms with Crippen molar-refractivity contribution >= 4 is 17.8 Å². The van der Waals surface area contributed by atoms with Gasteiger partial charge in [-0.1, -0.05) is 20.3 Å². The average Bonchev–Trinajstić information content (AvgIpc) is 2.31. The van der Waals surface area contributed by atoms with Gasteiger partial charge in [0, 0.05) is 6.42 Å². The lowest BCUT2D eigenvalue weighted by Gasteiger charge is -2.20. The maximum Gasteiger partial charge on any atom is 0.326 e. The number of rotatable bonds is 8. The van der Waals surface area contributed by atoms with Gasteiger partial charge in [-0.2, -0.15) is 0 Å². The standard InChI is InChI=1S/C11H21N3O4/c1-3-6(2)9(13)10(16)14-7(11(17)18)4-5-8(12)15/h6-7,9H,3-5,13H2,1-2H3,(H2,12,15)(H,14,16)(H,17,18)/t6?,7-,9+/m1/s1. The van der Waals surface area contributed by atoms with Crippen LogP contribution in [0.15, 0.2) is 0 Å². The van der Waals surface area contributed by atoms with Crippen molar-refractivity contribution in [3.8, 4) is 0 Å². The third kappa shape index (κ3) is 5.62. The molecular formula is C11H21N3O4. The smallest absolute Gasteiger partial charge is 0.326 e. The topological polar surface area (TPSA) is 136 Å². The molecule has 7 heteroatoms. The van der Waals surface area contributed by atoms with E-state index in [0.717, 1.165) is 0 Å². The van der Waals surface area contributed by atoms with Gasteiger partial charge in [-0.25, -0.2) is 4.79 Å². The third-order valence-electron chi connectivity index (χ3n) is 2.85. The number of amides is 2. The number of hydrogen-bond donors (Lipinski definition) is 4. The van der Waals surface area contributed by atoms with E-state index in [2.05, 4.69) is 5.32 Å². The van der Waals surface area contributed by atoms with E-state index < -0.39 is 29.9 Å². The van der Waals surface area contributed by atoms with Crippen molar-refractivity contribution < 1.29 is 19.5 Å². The van der Waals surface area contributed by atoms with Crippen molar-refractivity contribution in [1.29, 1.82) is 0 Å². The molecule has 0 aromatic carbocycles. The highest BCUT2D eigenvalue weighted by atomic mass is 16.4. The maximum absolute atomic E-state index is 11.7. The van der Waals surface area contributed by atoms with Crippen LogP contribution in [0.2, 0.25) is 0 Å². The second-order valence-electron chi connectivity index (χ2n) is 4.32. The van der Waals surface area contributed by atoms with Gasteiger partial charge in [-0.05, 0) is 12.3 Å². The Hall–Kier alpha value is -1.63. The van der Waals surface area contributed by atoms with Gasteiger partial charge < -0.3 is 21.9 Å². The van der Waals surface area contributed by atoms with Gasteiger partial charge in [0.2, 0.25) is 11.8 Å². The number of carboxylic acid groups (broad SMARTS) is 1. The van der Waals surface area contributed by atoms with Crippen LogP contribution in [0.1, 0.15) is 33.1 Å². The minimum Gasteiger partial charge on any atom is -0.480 e. The number of carboxylic acids is 1. The number of carbonyl (C=O) groups excluding carboxylic acids is 2. The number of carbonyl (C=O) groups is 3. The molecule has 0 aliphatic heterocycles. The van der Waals surface area contributed by atoms with Crippen LogP contribution in [0.5, 0.6) is 0 Å². The molecule has 0 aromatic heterocycles. The van der Waals surface area contributed by atoms with Gasteiger partial charge >= 0.3 is 5.97 Å². The minimum atomic E-state index is -1.21. The highest BCUT2D eigenvalue weighted by Gasteiger charge is 2.25. The van der Waals surface area contributed by atoms with Crippen LogP contribution >= 0.6 is 0 Å². The lowest BCUT2D eigenvalue weighted by atomic mass is 9.99. The van der Waals surface area contributed by atoms with Gasteiger partial charge in [0.15, 0.2) is 0 Å². The number of hydrogen-bond acceptors (Lipinski definition) is 4. The van der Waals surface area contributed by atoms with E-state index in [1.54, 1.807) is 0 Å². The zero-order valence-electron chi connectivity index (χ0n) is 10.7. The highest BCUT2D eigenvalue weighted by Crippen LogP contribution is 2.06. The molecule has 18 heavy (non-hydrogen) atoms. The Balaban J connectivity index is 4.45. The van der Waals surface area contributed by atoms with Crippen LogP contribution < -0.4 is 16.8 Å². The highest BCUT2D eigenvalue weighted by molar-refractivity contribution is 5.87. The Morgan fingerprint density at radius 3 is 2.28 bits per heavy atom. The quantitative estimate of drug-likeness (QED) is 0.452. The van der Waals surface area contributed by atoms with Crippen molar-refractivity contribution in [3.05, 3.63) is 0 Å². The summed E-state index contributed by atoms with van der Waals surface area (Å²) in [6, 6.07) is -1.90. The molecular weight excluding hydrogens is 238 g/mol. The number of nitrogens with two attached hydrogens (primary N) is 2. The molecule has 7 nitrogen and oxygen atoms in total. The van der Waals surface area contributed by atoms with Crippen molar-refractivity contribution in [3.63, 3.8) is 0 Å². The van der Waals surface area contributed by atoms with Crippen molar-refractivity contribution in [2.24, 2.45) is 17.4 Å². The molecule has 0 heterocycles. The van der Waals surface area contributed by atoms with Crippen LogP contribution in [0.4, 0.5) is 0 Å². The fourth-order valence-electron chi connectivity index (χ4n) is 1.32. The van der Waals surface area contributed by atoms with Crippen LogP contribution in [0.25, 0.3) is 0 Å². The van der Waals surface area contributed by atoms with E-state index in [4.69, 9.17) is 16.6 Å². The summed E-state index contributed by atoms with van der Waals surface area (Å²) in [4.78, 5) is 33.2. The van der Waals surface area contributed by atoms with Crippen LogP contribution in [0.3, 0.4) is 0 Å². The Kier molecular flexibility index (Phi) is 6.96. The zero-order chi connectivity index (χ0) is 14.3. The second kappa shape index (κ2) is 7.65. The molecule has 3 atom stereocenters. The summed E-state index contributed by atoms with van der Waals surface area (Å²) in [5, 5.41) is 11.2. The largest absolute Gasteiger partial charge is 0.480 e. The first kappa shape index (κ1) is 16.4. The first-order valence-corrected chi connectivity index (χ1v) is 5.86. The monoisotopic (exact) mass is 259 g/mol. The Labute approximate surface area is 106 Å². The molecule has 0 aliphatic carbocycles. The Bertz CT molecular complexity index is 319. The van der Waals surface area contributed by atoms with Gasteiger partial charge in [0.05, 0.1) is 6.04 Å². The van der Waals surface area contributed by atoms with Gasteiger partial charge in [0.25, 0.3) is 0 Å². The summed E-state index contributed by atoms with van der Waals surface area (Å²) in [6.07, 6.45) is 0.576. The van der Waals surface area contributed by atoms with Crippen molar-refractivity contribution in [1.82, 2.24) is 5.32 Å². The van der Waals surface area contributed by atoms with E-state index in [9.17, 15) is 14.4 Å². The van der Waals surface area contributed by atoms with E-state index >= 15 is 0 Å². The molecule has 0 bridgehead atoms. The number of primary amides is 1. The molecule has 0 rings (SSSR count). The molecule has 2 amide bonds. The molecule has 0 radical (unpaired) electrons. The molecule has 0 saturated heterocycles. The average molecular weight is 259 g/mol. The molecule has 1 unspecified atom stereocenters. The van der Waals surface area contributed by atoms with Crippen molar-refractivity contribution in [2.45, 2.75) is 45.2 Å². The third-order valence-corrected chi connectivity index (χ3v) is 2.85. The molecule has 0 fully saturated rings. The Morgan fingerprint density at radius 2 is 1.89 bits per heavy atom. The van der Waals surface area contributed by atoms with Crippen LogP contribution in [-0.4, -0.2) is 35.0 Å². The number of nitrogens with one attached hydrogen (secondary N) is 1. The summed E-state index contributed by atoms with van der Waals surface area (Å²) in [6.45, 7) is 3.70. The molecule has 104 valence electrons. The molecule has 0 aliphatic rings. The maximum atomic E-state index is 11.7. The SMILES string of the molecule is CCC(C)[C@H](N)C(=O)N[C@H](CCC(N)=O)C(=O)O. The molecule has 0 saturated carbocycles. The van der Waals surface area contributed by atoms with Gasteiger partial charge in [-0.15, -0.1) is 0 Å².